The van der Waals surface area contributed by atoms with Crippen molar-refractivity contribution >= 4 is 11.9 Å². The van der Waals surface area contributed by atoms with Gasteiger partial charge in [-0.25, -0.2) is 4.79 Å². The number of rotatable bonds is 6. The molecule has 2 aromatic carbocycles. The minimum atomic E-state index is -1.08. The molecule has 27 heavy (non-hydrogen) atoms. The molecule has 0 aliphatic rings. The summed E-state index contributed by atoms with van der Waals surface area (Å²) in [4.78, 5) is 22.6. The van der Waals surface area contributed by atoms with Gasteiger partial charge in [0.25, 0.3) is 0 Å². The van der Waals surface area contributed by atoms with Crippen molar-refractivity contribution in [2.24, 2.45) is 0 Å². The highest BCUT2D eigenvalue weighted by atomic mass is 16.5. The first-order chi connectivity index (χ1) is 13.0. The zero-order valence-corrected chi connectivity index (χ0v) is 15.3. The summed E-state index contributed by atoms with van der Waals surface area (Å²) in [6.07, 6.45) is 0.296. The van der Waals surface area contributed by atoms with Gasteiger partial charge >= 0.3 is 5.97 Å². The second kappa shape index (κ2) is 7.91. The minimum absolute atomic E-state index is 0.0579. The molecule has 3 aromatic rings. The molecule has 0 radical (unpaired) electrons. The molecule has 0 saturated heterocycles. The maximum Gasteiger partial charge on any atom is 0.337 e. The van der Waals surface area contributed by atoms with Gasteiger partial charge in [0.2, 0.25) is 0 Å². The van der Waals surface area contributed by atoms with Crippen molar-refractivity contribution in [3.63, 3.8) is 0 Å². The normalized spacial score (nSPS) is 10.6. The van der Waals surface area contributed by atoms with Gasteiger partial charge < -0.3 is 19.2 Å². The van der Waals surface area contributed by atoms with E-state index < -0.39 is 11.9 Å². The molecule has 0 fully saturated rings. The van der Waals surface area contributed by atoms with Gasteiger partial charge in [-0.05, 0) is 61.7 Å². The third-order valence-corrected chi connectivity index (χ3v) is 4.44. The number of esters is 1. The highest BCUT2D eigenvalue weighted by Crippen LogP contribution is 2.28. The number of methoxy groups -OCH3 is 1. The molecule has 0 saturated carbocycles. The molecule has 138 valence electrons. The van der Waals surface area contributed by atoms with Crippen molar-refractivity contribution in [2.45, 2.75) is 19.8 Å². The van der Waals surface area contributed by atoms with Gasteiger partial charge in [0.1, 0.15) is 0 Å². The molecule has 0 bridgehead atoms. The number of carboxylic acid groups (broad SMARTS) is 1. The van der Waals surface area contributed by atoms with Crippen LogP contribution in [0, 0.1) is 6.92 Å². The lowest BCUT2D eigenvalue weighted by molar-refractivity contribution is -0.305. The average Bonchev–Trinajstić information content (AvgIpc) is 3.10. The summed E-state index contributed by atoms with van der Waals surface area (Å²) < 4.78 is 6.75. The summed E-state index contributed by atoms with van der Waals surface area (Å²) in [6, 6.07) is 19.1. The first-order valence-corrected chi connectivity index (χ1v) is 8.66. The first-order valence-electron chi connectivity index (χ1n) is 8.66. The van der Waals surface area contributed by atoms with Crippen molar-refractivity contribution in [2.75, 3.05) is 7.11 Å². The molecule has 3 rings (SSSR count). The van der Waals surface area contributed by atoms with Crippen LogP contribution in [-0.4, -0.2) is 23.6 Å². The highest BCUT2D eigenvalue weighted by Gasteiger charge is 2.13. The number of hydrogen-bond acceptors (Lipinski definition) is 4. The first kappa shape index (κ1) is 18.5. The molecule has 0 aliphatic heterocycles. The van der Waals surface area contributed by atoms with Crippen LogP contribution in [0.5, 0.6) is 0 Å². The number of aryl methyl sites for hydroxylation is 2. The largest absolute Gasteiger partial charge is 0.550 e. The zero-order chi connectivity index (χ0) is 19.4. The molecule has 1 heterocycles. The second-order valence-corrected chi connectivity index (χ2v) is 6.32. The van der Waals surface area contributed by atoms with E-state index in [1.54, 1.807) is 12.1 Å². The van der Waals surface area contributed by atoms with E-state index in [-0.39, 0.29) is 6.42 Å². The lowest BCUT2D eigenvalue weighted by Gasteiger charge is -2.15. The SMILES string of the molecule is COC(=O)c1ccc(-n2c(CCC(=O)[O-])ccc2-c2ccc(C)cc2)cc1. The van der Waals surface area contributed by atoms with E-state index in [1.807, 2.05) is 60.0 Å². The van der Waals surface area contributed by atoms with Crippen LogP contribution in [0.15, 0.2) is 60.7 Å². The standard InChI is InChI=1S/C22H21NO4/c1-15-3-5-16(6-4-15)20-13-11-19(12-14-21(24)25)23(20)18-9-7-17(8-10-18)22(26)27-2/h3-11,13H,12,14H2,1-2H3,(H,24,25)/p-1. The van der Waals surface area contributed by atoms with E-state index in [0.29, 0.717) is 12.0 Å². The predicted molar refractivity (Wildman–Crippen MR) is 101 cm³/mol. The summed E-state index contributed by atoms with van der Waals surface area (Å²) in [7, 11) is 1.34. The number of benzene rings is 2. The highest BCUT2D eigenvalue weighted by molar-refractivity contribution is 5.89. The van der Waals surface area contributed by atoms with Crippen molar-refractivity contribution in [1.82, 2.24) is 4.57 Å². The van der Waals surface area contributed by atoms with Crippen LogP contribution in [0.2, 0.25) is 0 Å². The number of hydrogen-bond donors (Lipinski definition) is 0. The Morgan fingerprint density at radius 2 is 1.63 bits per heavy atom. The summed E-state index contributed by atoms with van der Waals surface area (Å²) in [5, 5.41) is 10.9. The molecular weight excluding hydrogens is 342 g/mol. The van der Waals surface area contributed by atoms with Crippen molar-refractivity contribution in [3.05, 3.63) is 77.5 Å². The van der Waals surface area contributed by atoms with E-state index in [0.717, 1.165) is 28.2 Å². The van der Waals surface area contributed by atoms with Gasteiger partial charge in [-0.15, -0.1) is 0 Å². The minimum Gasteiger partial charge on any atom is -0.550 e. The molecule has 5 nitrogen and oxygen atoms in total. The summed E-state index contributed by atoms with van der Waals surface area (Å²) in [5.74, 6) is -1.48. The van der Waals surface area contributed by atoms with Gasteiger partial charge in [0.15, 0.2) is 0 Å². The molecular formula is C22H20NO4-. The fourth-order valence-corrected chi connectivity index (χ4v) is 3.02. The third kappa shape index (κ3) is 4.08. The monoisotopic (exact) mass is 362 g/mol. The Kier molecular flexibility index (Phi) is 5.41. The molecule has 0 atom stereocenters. The maximum atomic E-state index is 11.7. The van der Waals surface area contributed by atoms with E-state index in [9.17, 15) is 14.7 Å². The smallest absolute Gasteiger partial charge is 0.337 e. The van der Waals surface area contributed by atoms with Crippen molar-refractivity contribution < 1.29 is 19.4 Å². The van der Waals surface area contributed by atoms with Crippen molar-refractivity contribution in [3.8, 4) is 16.9 Å². The van der Waals surface area contributed by atoms with E-state index >= 15 is 0 Å². The van der Waals surface area contributed by atoms with Gasteiger partial charge in [-0.1, -0.05) is 29.8 Å². The van der Waals surface area contributed by atoms with Crippen LogP contribution < -0.4 is 5.11 Å². The fraction of sp³-hybridized carbons (Fsp3) is 0.182. The molecule has 0 N–H and O–H groups in total. The van der Waals surface area contributed by atoms with Crippen LogP contribution in [0.3, 0.4) is 0 Å². The molecule has 0 aliphatic carbocycles. The van der Waals surface area contributed by atoms with E-state index in [4.69, 9.17) is 4.74 Å². The van der Waals surface area contributed by atoms with Crippen LogP contribution in [0.4, 0.5) is 0 Å². The zero-order valence-electron chi connectivity index (χ0n) is 15.3. The van der Waals surface area contributed by atoms with Crippen LogP contribution in [0.1, 0.15) is 28.0 Å². The van der Waals surface area contributed by atoms with E-state index in [1.165, 1.54) is 7.11 Å². The number of carbonyl (C=O) groups excluding carboxylic acids is 2. The maximum absolute atomic E-state index is 11.7. The number of nitrogens with zero attached hydrogens (tertiary/aromatic N) is 1. The molecule has 1 aromatic heterocycles. The van der Waals surface area contributed by atoms with Crippen LogP contribution in [-0.2, 0) is 16.0 Å². The quantitative estimate of drug-likeness (QED) is 0.632. The lowest BCUT2D eigenvalue weighted by Crippen LogP contribution is -2.22. The Balaban J connectivity index is 2.06. The molecule has 0 amide bonds. The van der Waals surface area contributed by atoms with Crippen LogP contribution >= 0.6 is 0 Å². The summed E-state index contributed by atoms with van der Waals surface area (Å²) in [5.41, 5.74) is 5.31. The summed E-state index contributed by atoms with van der Waals surface area (Å²) in [6.45, 7) is 2.03. The number of aliphatic carboxylic acids is 1. The topological polar surface area (TPSA) is 71.4 Å². The number of carboxylic acids is 1. The molecule has 0 unspecified atom stereocenters. The molecule has 5 heteroatoms. The third-order valence-electron chi connectivity index (χ3n) is 4.44. The average molecular weight is 362 g/mol. The lowest BCUT2D eigenvalue weighted by atomic mass is 10.1. The van der Waals surface area contributed by atoms with Gasteiger partial charge in [0.05, 0.1) is 18.4 Å². The fourth-order valence-electron chi connectivity index (χ4n) is 3.02. The van der Waals surface area contributed by atoms with E-state index in [2.05, 4.69) is 0 Å². The van der Waals surface area contributed by atoms with Crippen LogP contribution in [0.25, 0.3) is 16.9 Å². The van der Waals surface area contributed by atoms with Gasteiger partial charge in [0, 0.05) is 17.4 Å². The summed E-state index contributed by atoms with van der Waals surface area (Å²) >= 11 is 0. The Labute approximate surface area is 157 Å². The Morgan fingerprint density at radius 1 is 0.963 bits per heavy atom. The Hall–Kier alpha value is -3.34. The van der Waals surface area contributed by atoms with Gasteiger partial charge in [-0.3, -0.25) is 0 Å². The molecule has 0 spiro atoms. The predicted octanol–water partition coefficient (Wildman–Crippen LogP) is 2.92. The Bertz CT molecular complexity index is 953. The second-order valence-electron chi connectivity index (χ2n) is 6.32. The number of aromatic nitrogens is 1. The Morgan fingerprint density at radius 3 is 2.22 bits per heavy atom. The number of carbonyl (C=O) groups is 2. The van der Waals surface area contributed by atoms with Gasteiger partial charge in [-0.2, -0.15) is 0 Å². The van der Waals surface area contributed by atoms with Crippen molar-refractivity contribution in [1.29, 1.82) is 0 Å². The number of ether oxygens (including phenoxy) is 1.